The molecule has 0 rings (SSSR count). The summed E-state index contributed by atoms with van der Waals surface area (Å²) >= 11 is 0. The van der Waals surface area contributed by atoms with Gasteiger partial charge in [-0.25, -0.2) is 0 Å². The number of ether oxygens (including phenoxy) is 3. The average molecular weight is 359 g/mol. The molecule has 0 unspecified atom stereocenters. The van der Waals surface area contributed by atoms with Crippen LogP contribution in [0.2, 0.25) is 0 Å². The van der Waals surface area contributed by atoms with E-state index in [0.29, 0.717) is 32.8 Å². The van der Waals surface area contributed by atoms with E-state index in [0.717, 1.165) is 25.9 Å². The van der Waals surface area contributed by atoms with Crippen molar-refractivity contribution in [2.75, 3.05) is 33.0 Å². The first kappa shape index (κ1) is 24.4. The third-order valence-electron chi connectivity index (χ3n) is 4.20. The largest absolute Gasteiger partial charge is 0.463 e. The zero-order valence-corrected chi connectivity index (χ0v) is 16.9. The van der Waals surface area contributed by atoms with Gasteiger partial charge in [-0.3, -0.25) is 4.79 Å². The van der Waals surface area contributed by atoms with Crippen molar-refractivity contribution in [3.05, 3.63) is 0 Å². The SMILES string of the molecule is CCCCCCCCCCCCCC(=O)OCCOCCOCCC. The molecule has 0 heterocycles. The molecular formula is C21H42O4. The molecule has 0 fully saturated rings. The molecule has 0 spiro atoms. The van der Waals surface area contributed by atoms with Crippen LogP contribution in [0.25, 0.3) is 0 Å². The minimum Gasteiger partial charge on any atom is -0.463 e. The number of unbranched alkanes of at least 4 members (excludes halogenated alkanes) is 10. The molecule has 0 aromatic carbocycles. The lowest BCUT2D eigenvalue weighted by Crippen LogP contribution is -2.12. The van der Waals surface area contributed by atoms with Gasteiger partial charge in [-0.15, -0.1) is 0 Å². The predicted octanol–water partition coefficient (Wildman–Crippen LogP) is 5.67. The zero-order chi connectivity index (χ0) is 18.4. The summed E-state index contributed by atoms with van der Waals surface area (Å²) in [4.78, 5) is 11.6. The van der Waals surface area contributed by atoms with Gasteiger partial charge in [0.05, 0.1) is 19.8 Å². The zero-order valence-electron chi connectivity index (χ0n) is 16.9. The van der Waals surface area contributed by atoms with Crippen molar-refractivity contribution in [3.8, 4) is 0 Å². The highest BCUT2D eigenvalue weighted by molar-refractivity contribution is 5.69. The molecule has 0 N–H and O–H groups in total. The van der Waals surface area contributed by atoms with Crippen LogP contribution in [0, 0.1) is 0 Å². The van der Waals surface area contributed by atoms with Crippen LogP contribution in [-0.2, 0) is 19.0 Å². The van der Waals surface area contributed by atoms with Crippen molar-refractivity contribution in [3.63, 3.8) is 0 Å². The van der Waals surface area contributed by atoms with E-state index >= 15 is 0 Å². The van der Waals surface area contributed by atoms with Crippen LogP contribution in [0.1, 0.15) is 97.3 Å². The van der Waals surface area contributed by atoms with E-state index in [1.54, 1.807) is 0 Å². The van der Waals surface area contributed by atoms with Crippen molar-refractivity contribution in [2.24, 2.45) is 0 Å². The third kappa shape index (κ3) is 21.3. The van der Waals surface area contributed by atoms with Crippen molar-refractivity contribution >= 4 is 5.97 Å². The topological polar surface area (TPSA) is 44.8 Å². The molecule has 0 radical (unpaired) electrons. The van der Waals surface area contributed by atoms with Gasteiger partial charge in [0.25, 0.3) is 0 Å². The molecule has 4 nitrogen and oxygen atoms in total. The van der Waals surface area contributed by atoms with Gasteiger partial charge in [0, 0.05) is 13.0 Å². The minimum atomic E-state index is -0.0956. The molecule has 0 atom stereocenters. The van der Waals surface area contributed by atoms with Crippen molar-refractivity contribution < 1.29 is 19.0 Å². The highest BCUT2D eigenvalue weighted by Crippen LogP contribution is 2.12. The maximum atomic E-state index is 11.6. The highest BCUT2D eigenvalue weighted by Gasteiger charge is 2.02. The Hall–Kier alpha value is -0.610. The lowest BCUT2D eigenvalue weighted by atomic mass is 10.1. The van der Waals surface area contributed by atoms with Gasteiger partial charge in [-0.2, -0.15) is 0 Å². The molecule has 0 aromatic rings. The van der Waals surface area contributed by atoms with E-state index in [9.17, 15) is 4.79 Å². The summed E-state index contributed by atoms with van der Waals surface area (Å²) in [6.45, 7) is 7.10. The second kappa shape index (κ2) is 21.4. The molecule has 0 saturated heterocycles. The van der Waals surface area contributed by atoms with Crippen molar-refractivity contribution in [1.29, 1.82) is 0 Å². The van der Waals surface area contributed by atoms with E-state index in [1.807, 2.05) is 0 Å². The number of hydrogen-bond donors (Lipinski definition) is 0. The Morgan fingerprint density at radius 3 is 1.60 bits per heavy atom. The van der Waals surface area contributed by atoms with Crippen LogP contribution in [0.5, 0.6) is 0 Å². The van der Waals surface area contributed by atoms with Crippen LogP contribution < -0.4 is 0 Å². The molecule has 0 aliphatic rings. The Kier molecular flexibility index (Phi) is 20.9. The third-order valence-corrected chi connectivity index (χ3v) is 4.20. The lowest BCUT2D eigenvalue weighted by molar-refractivity contribution is -0.145. The van der Waals surface area contributed by atoms with Gasteiger partial charge in [-0.05, 0) is 12.8 Å². The van der Waals surface area contributed by atoms with Crippen LogP contribution in [0.4, 0.5) is 0 Å². The predicted molar refractivity (Wildman–Crippen MR) is 104 cm³/mol. The molecule has 150 valence electrons. The first-order valence-electron chi connectivity index (χ1n) is 10.6. The van der Waals surface area contributed by atoms with Gasteiger partial charge in [0.15, 0.2) is 0 Å². The van der Waals surface area contributed by atoms with Gasteiger partial charge in [-0.1, -0.05) is 78.1 Å². The number of esters is 1. The lowest BCUT2D eigenvalue weighted by Gasteiger charge is -2.06. The van der Waals surface area contributed by atoms with Crippen LogP contribution in [0.15, 0.2) is 0 Å². The first-order valence-corrected chi connectivity index (χ1v) is 10.6. The van der Waals surface area contributed by atoms with Crippen molar-refractivity contribution in [1.82, 2.24) is 0 Å². The molecule has 0 saturated carbocycles. The number of hydrogen-bond acceptors (Lipinski definition) is 4. The second-order valence-corrected chi connectivity index (χ2v) is 6.73. The fraction of sp³-hybridized carbons (Fsp3) is 0.952. The van der Waals surface area contributed by atoms with Crippen LogP contribution in [0.3, 0.4) is 0 Å². The molecular weight excluding hydrogens is 316 g/mol. The van der Waals surface area contributed by atoms with Crippen LogP contribution >= 0.6 is 0 Å². The number of carbonyl (C=O) groups excluding carboxylic acids is 1. The van der Waals surface area contributed by atoms with E-state index in [2.05, 4.69) is 13.8 Å². The molecule has 0 amide bonds. The quantitative estimate of drug-likeness (QED) is 0.208. The Bertz CT molecular complexity index is 269. The Morgan fingerprint density at radius 1 is 0.560 bits per heavy atom. The van der Waals surface area contributed by atoms with Gasteiger partial charge >= 0.3 is 5.97 Å². The standard InChI is InChI=1S/C21H42O4/c1-3-5-6-7-8-9-10-11-12-13-14-15-21(22)25-20-19-24-18-17-23-16-4-2/h3-20H2,1-2H3. The average Bonchev–Trinajstić information content (AvgIpc) is 2.62. The maximum absolute atomic E-state index is 11.6. The van der Waals surface area contributed by atoms with Gasteiger partial charge in [0.2, 0.25) is 0 Å². The number of rotatable bonds is 20. The summed E-state index contributed by atoms with van der Waals surface area (Å²) in [5, 5.41) is 0. The van der Waals surface area contributed by atoms with Gasteiger partial charge < -0.3 is 14.2 Å². The molecule has 0 aliphatic carbocycles. The molecule has 25 heavy (non-hydrogen) atoms. The van der Waals surface area contributed by atoms with E-state index in [4.69, 9.17) is 14.2 Å². The monoisotopic (exact) mass is 358 g/mol. The molecule has 0 bridgehead atoms. The van der Waals surface area contributed by atoms with Crippen molar-refractivity contribution in [2.45, 2.75) is 97.3 Å². The van der Waals surface area contributed by atoms with Gasteiger partial charge in [0.1, 0.15) is 6.61 Å². The summed E-state index contributed by atoms with van der Waals surface area (Å²) in [5.74, 6) is -0.0956. The normalized spacial score (nSPS) is 11.0. The second-order valence-electron chi connectivity index (χ2n) is 6.73. The fourth-order valence-corrected chi connectivity index (χ4v) is 2.69. The van der Waals surface area contributed by atoms with Crippen LogP contribution in [-0.4, -0.2) is 39.0 Å². The fourth-order valence-electron chi connectivity index (χ4n) is 2.69. The Morgan fingerprint density at radius 2 is 1.04 bits per heavy atom. The maximum Gasteiger partial charge on any atom is 0.305 e. The summed E-state index contributed by atoms with van der Waals surface area (Å²) < 4.78 is 15.8. The van der Waals surface area contributed by atoms with E-state index < -0.39 is 0 Å². The summed E-state index contributed by atoms with van der Waals surface area (Å²) in [6.07, 6.45) is 15.8. The first-order chi connectivity index (χ1) is 12.3. The summed E-state index contributed by atoms with van der Waals surface area (Å²) in [7, 11) is 0. The molecule has 4 heteroatoms. The highest BCUT2D eigenvalue weighted by atomic mass is 16.6. The smallest absolute Gasteiger partial charge is 0.305 e. The Balaban J connectivity index is 3.13. The molecule has 0 aromatic heterocycles. The molecule has 0 aliphatic heterocycles. The van der Waals surface area contributed by atoms with E-state index in [-0.39, 0.29) is 5.97 Å². The minimum absolute atomic E-state index is 0.0956. The summed E-state index contributed by atoms with van der Waals surface area (Å²) in [5.41, 5.74) is 0. The van der Waals surface area contributed by atoms with E-state index in [1.165, 1.54) is 57.8 Å². The number of carbonyl (C=O) groups is 1. The summed E-state index contributed by atoms with van der Waals surface area (Å²) in [6, 6.07) is 0. The Labute approximate surface area is 156 Å².